The molecule has 1 amide bonds. The number of carbonyl (C=O) groups excluding carboxylic acids is 1. The number of carbonyl (C=O) groups is 1. The number of likely N-dealkylation sites (tertiary alicyclic amines) is 1. The monoisotopic (exact) mass is 587 g/mol. The molecule has 1 unspecified atom stereocenters. The van der Waals surface area contributed by atoms with E-state index in [1.807, 2.05) is 36.7 Å². The number of pyridine rings is 1. The second-order valence-electron chi connectivity index (χ2n) is 12.3. The molecule has 9 nitrogen and oxygen atoms in total. The number of piperidine rings is 1. The summed E-state index contributed by atoms with van der Waals surface area (Å²) in [5.74, 6) is 3.21. The molecular formula is C32H41N7O2S. The molecule has 1 aromatic carbocycles. The van der Waals surface area contributed by atoms with Crippen molar-refractivity contribution in [1.82, 2.24) is 24.6 Å². The van der Waals surface area contributed by atoms with Gasteiger partial charge in [-0.2, -0.15) is 0 Å². The van der Waals surface area contributed by atoms with Crippen LogP contribution in [-0.2, 0) is 36.4 Å². The van der Waals surface area contributed by atoms with Gasteiger partial charge in [-0.1, -0.05) is 13.0 Å². The molecule has 3 aliphatic rings. The van der Waals surface area contributed by atoms with E-state index >= 15 is 0 Å². The highest BCUT2D eigenvalue weighted by Crippen LogP contribution is 2.52. The van der Waals surface area contributed by atoms with E-state index in [1.165, 1.54) is 6.42 Å². The lowest BCUT2D eigenvalue weighted by atomic mass is 9.58. The Balaban J connectivity index is 1.37. The van der Waals surface area contributed by atoms with E-state index in [0.29, 0.717) is 36.3 Å². The van der Waals surface area contributed by atoms with Crippen LogP contribution in [0.25, 0.3) is 0 Å². The summed E-state index contributed by atoms with van der Waals surface area (Å²) in [4.78, 5) is 23.9. The molecule has 3 aromatic rings. The smallest absolute Gasteiger partial charge is 0.260 e. The van der Waals surface area contributed by atoms with Gasteiger partial charge in [0, 0.05) is 49.0 Å². The topological polar surface area (TPSA) is 96.2 Å². The van der Waals surface area contributed by atoms with Gasteiger partial charge < -0.3 is 9.88 Å². The number of hydrogen-bond acceptors (Lipinski definition) is 7. The molecule has 2 aliphatic heterocycles. The van der Waals surface area contributed by atoms with E-state index in [4.69, 9.17) is 4.98 Å². The Kier molecular flexibility index (Phi) is 7.78. The van der Waals surface area contributed by atoms with Crippen molar-refractivity contribution in [2.75, 3.05) is 36.1 Å². The highest BCUT2D eigenvalue weighted by Gasteiger charge is 2.49. The first-order chi connectivity index (χ1) is 20.2. The number of aromatic nitrogens is 4. The second kappa shape index (κ2) is 11.4. The molecule has 1 saturated carbocycles. The van der Waals surface area contributed by atoms with E-state index in [9.17, 15) is 9.00 Å². The summed E-state index contributed by atoms with van der Waals surface area (Å²) < 4.78 is 15.0. The molecule has 6 rings (SSSR count). The van der Waals surface area contributed by atoms with E-state index in [-0.39, 0.29) is 11.3 Å². The number of nitrogens with one attached hydrogen (secondary N) is 1. The van der Waals surface area contributed by atoms with Gasteiger partial charge in [-0.3, -0.25) is 18.8 Å². The fraction of sp³-hybridized carbons (Fsp3) is 0.500. The molecule has 2 atom stereocenters. The standard InChI is InChI=1S/C32H41N7O2S/c1-6-22-9-8-10-38(17-22)18-23-11-25-26(27(12-23)42(5)41)19-39(30(25)40)29-14-24(13-28(35-29)33-7-2)32(15-21(3)16-32)31-36-34-20-37(31)4/h6,11-14,20-22H,1,7-10,15-19H2,2-5H3,(H,33,35)/t21?,22-,32?,42?/m0/s1. The van der Waals surface area contributed by atoms with Crippen LogP contribution in [-0.4, -0.2) is 60.7 Å². The van der Waals surface area contributed by atoms with Crippen LogP contribution in [0.5, 0.6) is 0 Å². The number of fused-ring (bicyclic) bond motifs is 1. The molecule has 0 radical (unpaired) electrons. The SMILES string of the molecule is C=C[C@H]1CCCN(Cc2cc3c(c(S(C)=O)c2)CN(c2cc(C4(c5nncn5C)CC(C)C4)cc(NCC)n2)C3=O)C1. The number of aryl methyl sites for hydroxylation is 1. The fourth-order valence-corrected chi connectivity index (χ4v) is 8.08. The van der Waals surface area contributed by atoms with Crippen molar-refractivity contribution >= 4 is 28.3 Å². The fourth-order valence-electron chi connectivity index (χ4n) is 7.25. The van der Waals surface area contributed by atoms with E-state index in [2.05, 4.69) is 46.0 Å². The van der Waals surface area contributed by atoms with Crippen LogP contribution in [0.3, 0.4) is 0 Å². The van der Waals surface area contributed by atoms with Gasteiger partial charge in [-0.05, 0) is 86.4 Å². The number of hydrogen-bond donors (Lipinski definition) is 1. The first-order valence-electron chi connectivity index (χ1n) is 15.0. The number of nitrogens with zero attached hydrogens (tertiary/aromatic N) is 6. The van der Waals surface area contributed by atoms with E-state index in [1.54, 1.807) is 17.5 Å². The molecule has 42 heavy (non-hydrogen) atoms. The third-order valence-electron chi connectivity index (χ3n) is 9.18. The molecule has 10 heteroatoms. The maximum Gasteiger partial charge on any atom is 0.260 e. The van der Waals surface area contributed by atoms with Crippen molar-refractivity contribution in [3.05, 3.63) is 71.3 Å². The summed E-state index contributed by atoms with van der Waals surface area (Å²) in [5, 5.41) is 12.1. The molecule has 4 heterocycles. The average molecular weight is 588 g/mol. The van der Waals surface area contributed by atoms with Crippen molar-refractivity contribution in [3.8, 4) is 0 Å². The largest absolute Gasteiger partial charge is 0.370 e. The molecule has 0 bridgehead atoms. The minimum atomic E-state index is -1.23. The molecule has 2 aromatic heterocycles. The summed E-state index contributed by atoms with van der Waals surface area (Å²) >= 11 is 0. The Morgan fingerprint density at radius 3 is 2.71 bits per heavy atom. The highest BCUT2D eigenvalue weighted by atomic mass is 32.2. The summed E-state index contributed by atoms with van der Waals surface area (Å²) in [5.41, 5.74) is 3.29. The molecule has 222 valence electrons. The van der Waals surface area contributed by atoms with Crippen molar-refractivity contribution in [2.24, 2.45) is 18.9 Å². The van der Waals surface area contributed by atoms with Gasteiger partial charge in [0.05, 0.1) is 22.8 Å². The van der Waals surface area contributed by atoms with Gasteiger partial charge in [-0.25, -0.2) is 4.98 Å². The Morgan fingerprint density at radius 1 is 1.24 bits per heavy atom. The van der Waals surface area contributed by atoms with Crippen LogP contribution in [0.1, 0.15) is 72.4 Å². The quantitative estimate of drug-likeness (QED) is 0.364. The number of anilines is 2. The third kappa shape index (κ3) is 5.08. The van der Waals surface area contributed by atoms with Crippen molar-refractivity contribution in [3.63, 3.8) is 0 Å². The van der Waals surface area contributed by atoms with Crippen LogP contribution in [0.4, 0.5) is 11.6 Å². The van der Waals surface area contributed by atoms with Crippen LogP contribution < -0.4 is 10.2 Å². The van der Waals surface area contributed by atoms with Gasteiger partial charge in [0.15, 0.2) is 0 Å². The summed E-state index contributed by atoms with van der Waals surface area (Å²) in [6, 6.07) is 8.20. The molecule has 1 saturated heterocycles. The lowest BCUT2D eigenvalue weighted by Gasteiger charge is -2.46. The highest BCUT2D eigenvalue weighted by molar-refractivity contribution is 7.84. The van der Waals surface area contributed by atoms with Crippen LogP contribution in [0.15, 0.2) is 48.1 Å². The zero-order chi connectivity index (χ0) is 29.6. The number of rotatable bonds is 9. The molecule has 2 fully saturated rings. The molecule has 1 aliphatic carbocycles. The predicted octanol–water partition coefficient (Wildman–Crippen LogP) is 4.65. The third-order valence-corrected chi connectivity index (χ3v) is 10.2. The lowest BCUT2D eigenvalue weighted by molar-refractivity contribution is 0.0995. The van der Waals surface area contributed by atoms with Crippen molar-refractivity contribution in [1.29, 1.82) is 0 Å². The minimum absolute atomic E-state index is 0.0945. The first kappa shape index (κ1) is 28.7. The molecule has 1 N–H and O–H groups in total. The maximum absolute atomic E-state index is 14.1. The Hall–Kier alpha value is -3.37. The van der Waals surface area contributed by atoms with E-state index < -0.39 is 10.8 Å². The van der Waals surface area contributed by atoms with Crippen LogP contribution in [0.2, 0.25) is 0 Å². The van der Waals surface area contributed by atoms with Crippen LogP contribution >= 0.6 is 0 Å². The van der Waals surface area contributed by atoms with Crippen LogP contribution in [0, 0.1) is 11.8 Å². The molecule has 0 spiro atoms. The second-order valence-corrected chi connectivity index (χ2v) is 13.7. The zero-order valence-electron chi connectivity index (χ0n) is 25.1. The van der Waals surface area contributed by atoms with Gasteiger partial charge in [0.2, 0.25) is 0 Å². The predicted molar refractivity (Wildman–Crippen MR) is 166 cm³/mol. The van der Waals surface area contributed by atoms with Crippen molar-refractivity contribution < 1.29 is 9.00 Å². The van der Waals surface area contributed by atoms with Gasteiger partial charge in [-0.15, -0.1) is 16.8 Å². The maximum atomic E-state index is 14.1. The Morgan fingerprint density at radius 2 is 2.05 bits per heavy atom. The molecular weight excluding hydrogens is 546 g/mol. The summed E-state index contributed by atoms with van der Waals surface area (Å²) in [7, 11) is 0.754. The van der Waals surface area contributed by atoms with Gasteiger partial charge >= 0.3 is 0 Å². The van der Waals surface area contributed by atoms with Crippen molar-refractivity contribution in [2.45, 2.75) is 62.9 Å². The Bertz CT molecular complexity index is 1540. The van der Waals surface area contributed by atoms with Gasteiger partial charge in [0.1, 0.15) is 23.8 Å². The summed E-state index contributed by atoms with van der Waals surface area (Å²) in [6.45, 7) is 12.1. The van der Waals surface area contributed by atoms with E-state index in [0.717, 1.165) is 72.1 Å². The first-order valence-corrected chi connectivity index (χ1v) is 16.5. The normalized spacial score (nSPS) is 24.8. The zero-order valence-corrected chi connectivity index (χ0v) is 25.9. The number of amides is 1. The lowest BCUT2D eigenvalue weighted by Crippen LogP contribution is -2.43. The Labute approximate surface area is 250 Å². The minimum Gasteiger partial charge on any atom is -0.370 e. The van der Waals surface area contributed by atoms with Gasteiger partial charge in [0.25, 0.3) is 5.91 Å². The average Bonchev–Trinajstić information content (AvgIpc) is 3.53. The number of benzene rings is 1. The summed E-state index contributed by atoms with van der Waals surface area (Å²) in [6.07, 6.45) is 9.70.